The number of hydrogen-bond acceptors (Lipinski definition) is 4. The minimum absolute atomic E-state index is 0.192. The molecule has 3 aliphatic rings. The van der Waals surface area contributed by atoms with Gasteiger partial charge in [-0.3, -0.25) is 14.6 Å². The quantitative estimate of drug-likeness (QED) is 0.798. The summed E-state index contributed by atoms with van der Waals surface area (Å²) in [5.41, 5.74) is 2.74. The fraction of sp³-hybridized carbons (Fsp3) is 0.696. The predicted octanol–water partition coefficient (Wildman–Crippen LogP) is 2.53. The first-order valence-corrected chi connectivity index (χ1v) is 11.1. The number of morpholine rings is 1. The average molecular weight is 386 g/mol. The minimum Gasteiger partial charge on any atom is -0.378 e. The van der Waals surface area contributed by atoms with E-state index in [9.17, 15) is 4.79 Å². The van der Waals surface area contributed by atoms with Crippen LogP contribution >= 0.6 is 0 Å². The zero-order valence-electron chi connectivity index (χ0n) is 17.3. The minimum atomic E-state index is 0.192. The van der Waals surface area contributed by atoms with Gasteiger partial charge in [0.15, 0.2) is 0 Å². The summed E-state index contributed by atoms with van der Waals surface area (Å²) in [4.78, 5) is 20.1. The van der Waals surface area contributed by atoms with Crippen molar-refractivity contribution in [2.45, 2.75) is 45.2 Å². The van der Waals surface area contributed by atoms with Gasteiger partial charge in [-0.2, -0.15) is 0 Å². The van der Waals surface area contributed by atoms with Crippen molar-refractivity contribution in [3.8, 4) is 0 Å². The van der Waals surface area contributed by atoms with Crippen molar-refractivity contribution in [3.63, 3.8) is 0 Å². The van der Waals surface area contributed by atoms with Crippen molar-refractivity contribution in [1.82, 2.24) is 14.7 Å². The molecule has 1 amide bonds. The largest absolute Gasteiger partial charge is 0.378 e. The number of rotatable bonds is 4. The van der Waals surface area contributed by atoms with Gasteiger partial charge in [-0.15, -0.1) is 0 Å². The number of aryl methyl sites for hydroxylation is 1. The maximum absolute atomic E-state index is 12.9. The van der Waals surface area contributed by atoms with E-state index < -0.39 is 0 Å². The summed E-state index contributed by atoms with van der Waals surface area (Å²) < 4.78 is 5.40. The van der Waals surface area contributed by atoms with E-state index in [1.54, 1.807) is 0 Å². The SMILES string of the molecule is Cc1ccc(CN2CCC(N3CCC[C@@H](C(=O)N4CCOCC4)C3)CC2)cc1. The lowest BCUT2D eigenvalue weighted by molar-refractivity contribution is -0.142. The van der Waals surface area contributed by atoms with Crippen molar-refractivity contribution in [1.29, 1.82) is 0 Å². The van der Waals surface area contributed by atoms with Gasteiger partial charge in [0.05, 0.1) is 19.1 Å². The standard InChI is InChI=1S/C23H35N3O2/c1-19-4-6-20(7-5-19)17-24-11-8-22(9-12-24)26-10-2-3-21(18-26)23(27)25-13-15-28-16-14-25/h4-7,21-22H,2-3,8-18H2,1H3/t21-/m1/s1. The van der Waals surface area contributed by atoms with Gasteiger partial charge in [-0.1, -0.05) is 29.8 Å². The smallest absolute Gasteiger partial charge is 0.227 e. The molecule has 0 aliphatic carbocycles. The zero-order chi connectivity index (χ0) is 19.3. The molecule has 3 aliphatic heterocycles. The number of benzene rings is 1. The molecule has 0 aromatic heterocycles. The van der Waals surface area contributed by atoms with E-state index in [1.165, 1.54) is 24.0 Å². The highest BCUT2D eigenvalue weighted by Crippen LogP contribution is 2.26. The van der Waals surface area contributed by atoms with Crippen LogP contribution in [0.5, 0.6) is 0 Å². The Morgan fingerprint density at radius 2 is 1.71 bits per heavy atom. The zero-order valence-corrected chi connectivity index (χ0v) is 17.3. The molecule has 0 spiro atoms. The number of likely N-dealkylation sites (tertiary alicyclic amines) is 2. The molecule has 0 saturated carbocycles. The summed E-state index contributed by atoms with van der Waals surface area (Å²) >= 11 is 0. The first-order valence-electron chi connectivity index (χ1n) is 11.1. The Labute approximate surface area is 169 Å². The van der Waals surface area contributed by atoms with Gasteiger partial charge < -0.3 is 9.64 Å². The van der Waals surface area contributed by atoms with Gasteiger partial charge >= 0.3 is 0 Å². The van der Waals surface area contributed by atoms with E-state index >= 15 is 0 Å². The molecule has 5 nitrogen and oxygen atoms in total. The van der Waals surface area contributed by atoms with Gasteiger partial charge in [0, 0.05) is 32.2 Å². The third kappa shape index (κ3) is 4.94. The van der Waals surface area contributed by atoms with Crippen LogP contribution in [-0.2, 0) is 16.1 Å². The second kappa shape index (κ2) is 9.38. The Kier molecular flexibility index (Phi) is 6.65. The molecule has 0 N–H and O–H groups in total. The number of piperidine rings is 2. The van der Waals surface area contributed by atoms with Crippen LogP contribution in [0.2, 0.25) is 0 Å². The van der Waals surface area contributed by atoms with E-state index in [2.05, 4.69) is 41.0 Å². The molecular formula is C23H35N3O2. The van der Waals surface area contributed by atoms with E-state index in [0.29, 0.717) is 25.2 Å². The number of nitrogens with zero attached hydrogens (tertiary/aromatic N) is 3. The van der Waals surface area contributed by atoms with Gasteiger partial charge in [0.2, 0.25) is 5.91 Å². The lowest BCUT2D eigenvalue weighted by atomic mass is 9.92. The number of ether oxygens (including phenoxy) is 1. The second-order valence-electron chi connectivity index (χ2n) is 8.76. The van der Waals surface area contributed by atoms with E-state index in [1.807, 2.05) is 4.90 Å². The highest BCUT2D eigenvalue weighted by Gasteiger charge is 2.33. The third-order valence-electron chi connectivity index (χ3n) is 6.73. The highest BCUT2D eigenvalue weighted by atomic mass is 16.5. The molecule has 154 valence electrons. The van der Waals surface area contributed by atoms with Gasteiger partial charge in [-0.05, 0) is 57.8 Å². The number of carbonyl (C=O) groups is 1. The maximum Gasteiger partial charge on any atom is 0.227 e. The van der Waals surface area contributed by atoms with Crippen molar-refractivity contribution in [2.24, 2.45) is 5.92 Å². The summed E-state index contributed by atoms with van der Waals surface area (Å²) in [6, 6.07) is 9.58. The fourth-order valence-electron chi connectivity index (χ4n) is 4.98. The van der Waals surface area contributed by atoms with E-state index in [4.69, 9.17) is 4.74 Å². The molecule has 3 saturated heterocycles. The highest BCUT2D eigenvalue weighted by molar-refractivity contribution is 5.79. The molecule has 3 heterocycles. The van der Waals surface area contributed by atoms with Crippen molar-refractivity contribution in [3.05, 3.63) is 35.4 Å². The van der Waals surface area contributed by atoms with Crippen LogP contribution in [0.15, 0.2) is 24.3 Å². The Hall–Kier alpha value is -1.43. The second-order valence-corrected chi connectivity index (χ2v) is 8.76. The third-order valence-corrected chi connectivity index (χ3v) is 6.73. The summed E-state index contributed by atoms with van der Waals surface area (Å²) in [6.45, 7) is 10.6. The molecule has 1 aromatic carbocycles. The number of hydrogen-bond donors (Lipinski definition) is 0. The van der Waals surface area contributed by atoms with E-state index in [-0.39, 0.29) is 5.92 Å². The first-order chi connectivity index (χ1) is 13.7. The Bertz CT molecular complexity index is 634. The molecule has 0 bridgehead atoms. The van der Waals surface area contributed by atoms with Gasteiger partial charge in [-0.25, -0.2) is 0 Å². The molecule has 3 fully saturated rings. The Morgan fingerprint density at radius 3 is 2.43 bits per heavy atom. The van der Waals surface area contributed by atoms with Crippen LogP contribution in [0.3, 0.4) is 0 Å². The Balaban J connectivity index is 1.25. The van der Waals surface area contributed by atoms with Crippen molar-refractivity contribution >= 4 is 5.91 Å². The maximum atomic E-state index is 12.9. The fourth-order valence-corrected chi connectivity index (χ4v) is 4.98. The summed E-state index contributed by atoms with van der Waals surface area (Å²) in [5.74, 6) is 0.558. The molecule has 1 atom stereocenters. The normalized spacial score (nSPS) is 25.8. The van der Waals surface area contributed by atoms with Crippen LogP contribution in [-0.4, -0.2) is 79.1 Å². The van der Waals surface area contributed by atoms with E-state index in [0.717, 1.165) is 58.7 Å². The van der Waals surface area contributed by atoms with Gasteiger partial charge in [0.25, 0.3) is 0 Å². The molecule has 0 unspecified atom stereocenters. The molecule has 1 aromatic rings. The monoisotopic (exact) mass is 385 g/mol. The lowest BCUT2D eigenvalue weighted by Crippen LogP contribution is -2.52. The number of carbonyl (C=O) groups excluding carboxylic acids is 1. The topological polar surface area (TPSA) is 36.0 Å². The first kappa shape index (κ1) is 19.9. The molecule has 4 rings (SSSR count). The van der Waals surface area contributed by atoms with Crippen LogP contribution in [0, 0.1) is 12.8 Å². The summed E-state index contributed by atoms with van der Waals surface area (Å²) in [6.07, 6.45) is 4.66. The van der Waals surface area contributed by atoms with Crippen LogP contribution < -0.4 is 0 Å². The van der Waals surface area contributed by atoms with Gasteiger partial charge in [0.1, 0.15) is 0 Å². The average Bonchev–Trinajstić information content (AvgIpc) is 2.76. The van der Waals surface area contributed by atoms with Crippen LogP contribution in [0.1, 0.15) is 36.8 Å². The van der Waals surface area contributed by atoms with Crippen molar-refractivity contribution < 1.29 is 9.53 Å². The molecule has 0 radical (unpaired) electrons. The summed E-state index contributed by atoms with van der Waals surface area (Å²) in [7, 11) is 0. The Morgan fingerprint density at radius 1 is 1.00 bits per heavy atom. The molecule has 28 heavy (non-hydrogen) atoms. The molecule has 5 heteroatoms. The van der Waals surface area contributed by atoms with Crippen LogP contribution in [0.25, 0.3) is 0 Å². The number of amides is 1. The lowest BCUT2D eigenvalue weighted by Gasteiger charge is -2.43. The van der Waals surface area contributed by atoms with Crippen LogP contribution in [0.4, 0.5) is 0 Å². The predicted molar refractivity (Wildman–Crippen MR) is 111 cm³/mol. The molecular weight excluding hydrogens is 350 g/mol. The summed E-state index contributed by atoms with van der Waals surface area (Å²) in [5, 5.41) is 0. The van der Waals surface area contributed by atoms with Crippen molar-refractivity contribution in [2.75, 3.05) is 52.5 Å².